The fraction of sp³-hybridized carbons (Fsp3) is 0.500. The second kappa shape index (κ2) is 6.97. The first kappa shape index (κ1) is 14.4. The van der Waals surface area contributed by atoms with E-state index in [1.54, 1.807) is 0 Å². The summed E-state index contributed by atoms with van der Waals surface area (Å²) in [5.41, 5.74) is 7.05. The summed E-state index contributed by atoms with van der Waals surface area (Å²) in [6.07, 6.45) is 7.30. The Kier molecular flexibility index (Phi) is 5.29. The Morgan fingerprint density at radius 1 is 1.16 bits per heavy atom. The molecule has 2 rings (SSSR count). The number of hydrogen-bond acceptors (Lipinski definition) is 2. The molecule has 0 bridgehead atoms. The number of unbranched alkanes of at least 4 members (excludes halogenated alkanes) is 4. The maximum Gasteiger partial charge on any atom is 0.134 e. The van der Waals surface area contributed by atoms with Crippen LogP contribution in [0.4, 0.5) is 0 Å². The number of hydrogen-bond donors (Lipinski definition) is 1. The molecule has 0 saturated carbocycles. The van der Waals surface area contributed by atoms with E-state index in [1.807, 2.05) is 24.3 Å². The molecule has 3 heteroatoms. The van der Waals surface area contributed by atoms with Crippen molar-refractivity contribution in [2.45, 2.75) is 51.5 Å². The summed E-state index contributed by atoms with van der Waals surface area (Å²) in [6.45, 7) is 2.23. The summed E-state index contributed by atoms with van der Waals surface area (Å²) in [5.74, 6) is 0.868. The minimum absolute atomic E-state index is 0.00666. The molecule has 0 amide bonds. The lowest BCUT2D eigenvalue weighted by Gasteiger charge is -2.07. The lowest BCUT2D eigenvalue weighted by Crippen LogP contribution is -2.08. The number of nitrogens with two attached hydrogens (primary N) is 1. The van der Waals surface area contributed by atoms with Crippen LogP contribution in [0.5, 0.6) is 0 Å². The van der Waals surface area contributed by atoms with Gasteiger partial charge in [-0.05, 0) is 30.7 Å². The van der Waals surface area contributed by atoms with Crippen molar-refractivity contribution < 1.29 is 4.42 Å². The van der Waals surface area contributed by atoms with Crippen LogP contribution in [0.3, 0.4) is 0 Å². The van der Waals surface area contributed by atoms with Crippen LogP contribution in [0.15, 0.2) is 28.7 Å². The van der Waals surface area contributed by atoms with Crippen molar-refractivity contribution in [3.05, 3.63) is 35.0 Å². The average Bonchev–Trinajstić information content (AvgIpc) is 2.81. The summed E-state index contributed by atoms with van der Waals surface area (Å²) >= 11 is 5.97. The van der Waals surface area contributed by atoms with E-state index in [0.29, 0.717) is 0 Å². The van der Waals surface area contributed by atoms with Gasteiger partial charge in [0.25, 0.3) is 0 Å². The van der Waals surface area contributed by atoms with Crippen LogP contribution < -0.4 is 5.73 Å². The highest BCUT2D eigenvalue weighted by atomic mass is 35.5. The van der Waals surface area contributed by atoms with Crippen molar-refractivity contribution in [1.82, 2.24) is 0 Å². The normalized spacial score (nSPS) is 13.0. The Balaban J connectivity index is 1.91. The van der Waals surface area contributed by atoms with Gasteiger partial charge in [0, 0.05) is 10.4 Å². The summed E-state index contributed by atoms with van der Waals surface area (Å²) in [6, 6.07) is 7.66. The zero-order valence-electron chi connectivity index (χ0n) is 11.5. The van der Waals surface area contributed by atoms with Crippen LogP contribution >= 0.6 is 11.6 Å². The molecule has 0 aliphatic carbocycles. The smallest absolute Gasteiger partial charge is 0.134 e. The highest BCUT2D eigenvalue weighted by molar-refractivity contribution is 6.31. The Hall–Kier alpha value is -0.990. The van der Waals surface area contributed by atoms with Crippen molar-refractivity contribution in [2.75, 3.05) is 0 Å². The van der Waals surface area contributed by atoms with Gasteiger partial charge in [-0.15, -0.1) is 0 Å². The Bertz CT molecular complexity index is 520. The van der Waals surface area contributed by atoms with E-state index in [9.17, 15) is 0 Å². The minimum atomic E-state index is -0.00666. The molecule has 0 fully saturated rings. The molecule has 19 heavy (non-hydrogen) atoms. The van der Waals surface area contributed by atoms with Crippen molar-refractivity contribution in [3.63, 3.8) is 0 Å². The van der Waals surface area contributed by atoms with Crippen molar-refractivity contribution >= 4 is 22.6 Å². The maximum absolute atomic E-state index is 6.18. The number of rotatable bonds is 7. The summed E-state index contributed by atoms with van der Waals surface area (Å²) < 4.78 is 5.78. The van der Waals surface area contributed by atoms with Crippen molar-refractivity contribution in [2.24, 2.45) is 5.73 Å². The van der Waals surface area contributed by atoms with E-state index in [1.165, 1.54) is 32.1 Å². The summed E-state index contributed by atoms with van der Waals surface area (Å²) in [5, 5.41) is 1.76. The zero-order chi connectivity index (χ0) is 13.7. The molecule has 2 N–H and O–H groups in total. The lowest BCUT2D eigenvalue weighted by atomic mass is 10.1. The fourth-order valence-corrected chi connectivity index (χ4v) is 2.51. The van der Waals surface area contributed by atoms with E-state index >= 15 is 0 Å². The molecule has 0 saturated heterocycles. The predicted octanol–water partition coefficient (Wildman–Crippen LogP) is 5.45. The quantitative estimate of drug-likeness (QED) is 0.685. The Morgan fingerprint density at radius 3 is 2.74 bits per heavy atom. The first-order chi connectivity index (χ1) is 9.20. The molecule has 1 aromatic carbocycles. The molecule has 104 valence electrons. The highest BCUT2D eigenvalue weighted by Crippen LogP contribution is 2.27. The SMILES string of the molecule is CCCCCCCC(N)c1cc2cc(Cl)ccc2o1. The van der Waals surface area contributed by atoms with Gasteiger partial charge in [0.1, 0.15) is 11.3 Å². The van der Waals surface area contributed by atoms with Gasteiger partial charge < -0.3 is 10.2 Å². The maximum atomic E-state index is 6.18. The molecular weight excluding hydrogens is 258 g/mol. The van der Waals surface area contributed by atoms with Gasteiger partial charge in [-0.2, -0.15) is 0 Å². The summed E-state index contributed by atoms with van der Waals surface area (Å²) in [4.78, 5) is 0. The van der Waals surface area contributed by atoms with Gasteiger partial charge in [0.15, 0.2) is 0 Å². The largest absolute Gasteiger partial charge is 0.459 e. The van der Waals surface area contributed by atoms with E-state index in [-0.39, 0.29) is 6.04 Å². The van der Waals surface area contributed by atoms with Gasteiger partial charge in [-0.25, -0.2) is 0 Å². The van der Waals surface area contributed by atoms with Gasteiger partial charge in [0.2, 0.25) is 0 Å². The number of halogens is 1. The standard InChI is InChI=1S/C16H22ClNO/c1-2-3-4-5-6-7-14(18)16-11-12-10-13(17)8-9-15(12)19-16/h8-11,14H,2-7,18H2,1H3. The fourth-order valence-electron chi connectivity index (χ4n) is 2.33. The highest BCUT2D eigenvalue weighted by Gasteiger charge is 2.11. The lowest BCUT2D eigenvalue weighted by molar-refractivity contribution is 0.460. The molecular formula is C16H22ClNO. The predicted molar refractivity (Wildman–Crippen MR) is 81.5 cm³/mol. The van der Waals surface area contributed by atoms with Crippen molar-refractivity contribution in [3.8, 4) is 0 Å². The molecule has 0 aliphatic heterocycles. The van der Waals surface area contributed by atoms with Gasteiger partial charge >= 0.3 is 0 Å². The molecule has 2 nitrogen and oxygen atoms in total. The number of benzene rings is 1. The number of fused-ring (bicyclic) bond motifs is 1. The molecule has 1 heterocycles. The molecule has 1 atom stereocenters. The van der Waals surface area contributed by atoms with E-state index in [2.05, 4.69) is 6.92 Å². The van der Waals surface area contributed by atoms with Gasteiger partial charge in [-0.1, -0.05) is 50.6 Å². The van der Waals surface area contributed by atoms with E-state index in [0.717, 1.165) is 28.2 Å². The van der Waals surface area contributed by atoms with Crippen LogP contribution in [0.25, 0.3) is 11.0 Å². The molecule has 0 aliphatic rings. The monoisotopic (exact) mass is 279 g/mol. The van der Waals surface area contributed by atoms with Gasteiger partial charge in [0.05, 0.1) is 6.04 Å². The average molecular weight is 280 g/mol. The summed E-state index contributed by atoms with van der Waals surface area (Å²) in [7, 11) is 0. The number of furan rings is 1. The second-order valence-electron chi connectivity index (χ2n) is 5.14. The third-order valence-corrected chi connectivity index (χ3v) is 3.72. The second-order valence-corrected chi connectivity index (χ2v) is 5.58. The van der Waals surface area contributed by atoms with Crippen LogP contribution in [-0.2, 0) is 0 Å². The first-order valence-corrected chi connectivity index (χ1v) is 7.53. The van der Waals surface area contributed by atoms with Crippen LogP contribution in [0.2, 0.25) is 5.02 Å². The molecule has 1 aromatic heterocycles. The van der Waals surface area contributed by atoms with Crippen LogP contribution in [0, 0.1) is 0 Å². The molecule has 0 radical (unpaired) electrons. The molecule has 0 spiro atoms. The first-order valence-electron chi connectivity index (χ1n) is 7.15. The third-order valence-electron chi connectivity index (χ3n) is 3.48. The van der Waals surface area contributed by atoms with Gasteiger partial charge in [-0.3, -0.25) is 0 Å². The van der Waals surface area contributed by atoms with Crippen molar-refractivity contribution in [1.29, 1.82) is 0 Å². The minimum Gasteiger partial charge on any atom is -0.459 e. The van der Waals surface area contributed by atoms with Crippen LogP contribution in [0.1, 0.15) is 57.3 Å². The van der Waals surface area contributed by atoms with E-state index < -0.39 is 0 Å². The van der Waals surface area contributed by atoms with E-state index in [4.69, 9.17) is 21.8 Å². The topological polar surface area (TPSA) is 39.2 Å². The molecule has 1 unspecified atom stereocenters. The van der Waals surface area contributed by atoms with Crippen LogP contribution in [-0.4, -0.2) is 0 Å². The third kappa shape index (κ3) is 3.99. The Labute approximate surface area is 119 Å². The Morgan fingerprint density at radius 2 is 1.95 bits per heavy atom. The zero-order valence-corrected chi connectivity index (χ0v) is 12.2. The molecule has 2 aromatic rings.